The van der Waals surface area contributed by atoms with Crippen LogP contribution in [0.15, 0.2) is 41.6 Å². The Bertz CT molecular complexity index is 1130. The molecule has 2 aliphatic rings. The Balaban J connectivity index is 1.47. The van der Waals surface area contributed by atoms with Crippen molar-refractivity contribution in [2.45, 2.75) is 37.3 Å². The number of ether oxygens (including phenoxy) is 3. The molecule has 0 radical (unpaired) electrons. The standard InChI is InChI=1S/C24H27FN4O3S/c1-3-31-21-12-17-11-16(2)32-22(17)13-18(21)15-33-24-27-26-23(28-7-9-30-10-8-28)29(24)20-6-4-5-19(25)14-20/h4-6,12-14,16H,3,7-11,15H2,1-2H3. The van der Waals surface area contributed by atoms with E-state index in [1.165, 1.54) is 17.7 Å². The summed E-state index contributed by atoms with van der Waals surface area (Å²) < 4.78 is 33.4. The lowest BCUT2D eigenvalue weighted by Gasteiger charge is -2.28. The first-order valence-electron chi connectivity index (χ1n) is 11.2. The molecule has 1 unspecified atom stereocenters. The Morgan fingerprint density at radius 1 is 1.18 bits per heavy atom. The largest absolute Gasteiger partial charge is 0.494 e. The fourth-order valence-electron chi connectivity index (χ4n) is 4.19. The van der Waals surface area contributed by atoms with E-state index in [1.54, 1.807) is 17.8 Å². The molecule has 2 aromatic carbocycles. The first-order chi connectivity index (χ1) is 16.1. The minimum Gasteiger partial charge on any atom is -0.494 e. The maximum Gasteiger partial charge on any atom is 0.232 e. The van der Waals surface area contributed by atoms with E-state index in [0.29, 0.717) is 55.5 Å². The number of halogens is 1. The van der Waals surface area contributed by atoms with Gasteiger partial charge in [-0.3, -0.25) is 4.57 Å². The van der Waals surface area contributed by atoms with Gasteiger partial charge in [0.2, 0.25) is 5.95 Å². The number of aromatic nitrogens is 3. The molecule has 1 saturated heterocycles. The number of morpholine rings is 1. The van der Waals surface area contributed by atoms with E-state index in [2.05, 4.69) is 34.2 Å². The van der Waals surface area contributed by atoms with Crippen LogP contribution in [0.2, 0.25) is 0 Å². The highest BCUT2D eigenvalue weighted by molar-refractivity contribution is 7.98. The highest BCUT2D eigenvalue weighted by Crippen LogP contribution is 2.38. The van der Waals surface area contributed by atoms with Crippen molar-refractivity contribution in [3.63, 3.8) is 0 Å². The highest BCUT2D eigenvalue weighted by Gasteiger charge is 2.24. The van der Waals surface area contributed by atoms with Gasteiger partial charge in [-0.1, -0.05) is 17.8 Å². The number of thioether (sulfide) groups is 1. The molecule has 0 amide bonds. The molecule has 2 aliphatic heterocycles. The molecule has 1 fully saturated rings. The van der Waals surface area contributed by atoms with Crippen LogP contribution in [0.5, 0.6) is 11.5 Å². The average molecular weight is 471 g/mol. The van der Waals surface area contributed by atoms with Crippen molar-refractivity contribution in [3.8, 4) is 17.2 Å². The quantitative estimate of drug-likeness (QED) is 0.478. The van der Waals surface area contributed by atoms with Crippen molar-refractivity contribution in [2.75, 3.05) is 37.8 Å². The van der Waals surface area contributed by atoms with Crippen molar-refractivity contribution in [1.82, 2.24) is 14.8 Å². The SMILES string of the molecule is CCOc1cc2c(cc1CSc1nnc(N3CCOCC3)n1-c1cccc(F)c1)OC(C)C2. The van der Waals surface area contributed by atoms with Crippen LogP contribution >= 0.6 is 11.8 Å². The monoisotopic (exact) mass is 470 g/mol. The van der Waals surface area contributed by atoms with Gasteiger partial charge >= 0.3 is 0 Å². The van der Waals surface area contributed by atoms with Crippen LogP contribution in [0.1, 0.15) is 25.0 Å². The molecule has 0 saturated carbocycles. The van der Waals surface area contributed by atoms with Crippen LogP contribution in [-0.2, 0) is 16.9 Å². The summed E-state index contributed by atoms with van der Waals surface area (Å²) in [5, 5.41) is 9.63. The number of hydrogen-bond donors (Lipinski definition) is 0. The Hall–Kier alpha value is -2.78. The van der Waals surface area contributed by atoms with E-state index < -0.39 is 0 Å². The van der Waals surface area contributed by atoms with Crippen LogP contribution in [0.3, 0.4) is 0 Å². The van der Waals surface area contributed by atoms with Crippen LogP contribution < -0.4 is 14.4 Å². The number of nitrogens with zero attached hydrogens (tertiary/aromatic N) is 4. The van der Waals surface area contributed by atoms with Gasteiger partial charge in [0.1, 0.15) is 23.4 Å². The van der Waals surface area contributed by atoms with Crippen LogP contribution in [0.25, 0.3) is 5.69 Å². The Labute approximate surface area is 196 Å². The second-order valence-corrected chi connectivity index (χ2v) is 9.06. The molecular weight excluding hydrogens is 443 g/mol. The van der Waals surface area contributed by atoms with E-state index >= 15 is 0 Å². The predicted molar refractivity (Wildman–Crippen MR) is 125 cm³/mol. The van der Waals surface area contributed by atoms with Crippen LogP contribution in [-0.4, -0.2) is 53.8 Å². The molecule has 0 bridgehead atoms. The fourth-order valence-corrected chi connectivity index (χ4v) is 5.12. The predicted octanol–water partition coefficient (Wildman–Crippen LogP) is 4.26. The van der Waals surface area contributed by atoms with Crippen molar-refractivity contribution in [2.24, 2.45) is 0 Å². The van der Waals surface area contributed by atoms with Gasteiger partial charge in [-0.25, -0.2) is 4.39 Å². The van der Waals surface area contributed by atoms with E-state index in [4.69, 9.17) is 14.2 Å². The van der Waals surface area contributed by atoms with E-state index in [0.717, 1.165) is 23.5 Å². The van der Waals surface area contributed by atoms with Crippen molar-refractivity contribution in [1.29, 1.82) is 0 Å². The molecule has 1 atom stereocenters. The summed E-state index contributed by atoms with van der Waals surface area (Å²) in [6.07, 6.45) is 1.06. The molecule has 174 valence electrons. The molecule has 0 N–H and O–H groups in total. The molecular formula is C24H27FN4O3S. The molecule has 7 nitrogen and oxygen atoms in total. The van der Waals surface area contributed by atoms with Crippen LogP contribution in [0.4, 0.5) is 10.3 Å². The maximum atomic E-state index is 14.1. The Morgan fingerprint density at radius 2 is 2.03 bits per heavy atom. The minimum atomic E-state index is -0.298. The van der Waals surface area contributed by atoms with Gasteiger partial charge in [-0.05, 0) is 44.2 Å². The highest BCUT2D eigenvalue weighted by atomic mass is 32.2. The Kier molecular flexibility index (Phi) is 6.41. The van der Waals surface area contributed by atoms with Gasteiger partial charge < -0.3 is 19.1 Å². The Morgan fingerprint density at radius 3 is 2.82 bits per heavy atom. The first-order valence-corrected chi connectivity index (χ1v) is 12.2. The summed E-state index contributed by atoms with van der Waals surface area (Å²) >= 11 is 1.55. The number of anilines is 1. The molecule has 3 aromatic rings. The van der Waals surface area contributed by atoms with E-state index in [9.17, 15) is 4.39 Å². The van der Waals surface area contributed by atoms with Crippen LogP contribution in [0, 0.1) is 5.82 Å². The van der Waals surface area contributed by atoms with Crippen molar-refractivity contribution >= 4 is 17.7 Å². The zero-order chi connectivity index (χ0) is 22.8. The summed E-state index contributed by atoms with van der Waals surface area (Å²) in [6.45, 7) is 7.34. The molecule has 1 aromatic heterocycles. The molecule has 0 spiro atoms. The van der Waals surface area contributed by atoms with Gasteiger partial charge in [-0.2, -0.15) is 0 Å². The zero-order valence-electron chi connectivity index (χ0n) is 18.8. The van der Waals surface area contributed by atoms with Crippen molar-refractivity contribution in [3.05, 3.63) is 53.3 Å². The lowest BCUT2D eigenvalue weighted by molar-refractivity contribution is 0.122. The third-order valence-corrected chi connectivity index (χ3v) is 6.69. The number of fused-ring (bicyclic) bond motifs is 1. The zero-order valence-corrected chi connectivity index (χ0v) is 19.6. The summed E-state index contributed by atoms with van der Waals surface area (Å²) in [4.78, 5) is 2.13. The van der Waals surface area contributed by atoms with Gasteiger partial charge in [0.25, 0.3) is 0 Å². The van der Waals surface area contributed by atoms with E-state index in [-0.39, 0.29) is 11.9 Å². The molecule has 5 rings (SSSR count). The summed E-state index contributed by atoms with van der Waals surface area (Å²) in [5.74, 6) is 2.81. The fraction of sp³-hybridized carbons (Fsp3) is 0.417. The number of benzene rings is 2. The second kappa shape index (κ2) is 9.61. The minimum absolute atomic E-state index is 0.171. The van der Waals surface area contributed by atoms with Gasteiger partial charge in [0.15, 0.2) is 5.16 Å². The molecule has 33 heavy (non-hydrogen) atoms. The molecule has 3 heterocycles. The lowest BCUT2D eigenvalue weighted by atomic mass is 10.1. The second-order valence-electron chi connectivity index (χ2n) is 8.12. The number of rotatable bonds is 7. The summed E-state index contributed by atoms with van der Waals surface area (Å²) in [6, 6.07) is 10.7. The normalized spacial score (nSPS) is 17.7. The first kappa shape index (κ1) is 22.0. The third kappa shape index (κ3) is 4.65. The smallest absolute Gasteiger partial charge is 0.232 e. The maximum absolute atomic E-state index is 14.1. The number of hydrogen-bond acceptors (Lipinski definition) is 7. The summed E-state index contributed by atoms with van der Waals surface area (Å²) in [7, 11) is 0. The summed E-state index contributed by atoms with van der Waals surface area (Å²) in [5.41, 5.74) is 2.91. The van der Waals surface area contributed by atoms with E-state index in [1.807, 2.05) is 17.6 Å². The van der Waals surface area contributed by atoms with Crippen molar-refractivity contribution < 1.29 is 18.6 Å². The molecule has 9 heteroatoms. The topological polar surface area (TPSA) is 61.6 Å². The molecule has 0 aliphatic carbocycles. The van der Waals surface area contributed by atoms with Gasteiger partial charge in [-0.15, -0.1) is 10.2 Å². The third-order valence-electron chi connectivity index (χ3n) is 5.71. The lowest BCUT2D eigenvalue weighted by Crippen LogP contribution is -2.37. The average Bonchev–Trinajstić information content (AvgIpc) is 3.40. The van der Waals surface area contributed by atoms with Gasteiger partial charge in [0.05, 0.1) is 25.5 Å². The van der Waals surface area contributed by atoms with Gasteiger partial charge in [0, 0.05) is 36.4 Å².